The van der Waals surface area contributed by atoms with Crippen molar-refractivity contribution in [3.8, 4) is 5.75 Å². The average Bonchev–Trinajstić information content (AvgIpc) is 2.25. The van der Waals surface area contributed by atoms with Crippen molar-refractivity contribution in [3.05, 3.63) is 41.2 Å². The molecule has 1 aromatic carbocycles. The van der Waals surface area contributed by atoms with Crippen LogP contribution in [0.2, 0.25) is 0 Å². The maximum Gasteiger partial charge on any atom is 0.217 e. The zero-order chi connectivity index (χ0) is 11.1. The molecule has 1 unspecified atom stereocenters. The van der Waals surface area contributed by atoms with E-state index in [0.717, 1.165) is 5.75 Å². The molecule has 3 nitrogen and oxygen atoms in total. The fraction of sp³-hybridized carbons (Fsp3) is 0.417. The monoisotopic (exact) mass is 205 g/mol. The van der Waals surface area contributed by atoms with Gasteiger partial charge in [0.2, 0.25) is 6.54 Å². The molecule has 80 valence electrons. The smallest absolute Gasteiger partial charge is 0.217 e. The van der Waals surface area contributed by atoms with Crippen LogP contribution >= 0.6 is 0 Å². The predicted molar refractivity (Wildman–Crippen MR) is 58.8 cm³/mol. The summed E-state index contributed by atoms with van der Waals surface area (Å²) in [6.45, 7) is 9.19. The number of benzene rings is 1. The summed E-state index contributed by atoms with van der Waals surface area (Å²) in [4.78, 5) is 3.18. The molecule has 1 rings (SSSR count). The van der Waals surface area contributed by atoms with E-state index in [1.165, 1.54) is 5.56 Å². The SMILES string of the molecule is [C-]#[N+]CCC(O)COc1ccc(C)cc1. The van der Waals surface area contributed by atoms with Crippen LogP contribution in [0.4, 0.5) is 0 Å². The van der Waals surface area contributed by atoms with Gasteiger partial charge in [0.25, 0.3) is 0 Å². The van der Waals surface area contributed by atoms with Gasteiger partial charge in [0, 0.05) is 6.42 Å². The molecule has 15 heavy (non-hydrogen) atoms. The van der Waals surface area contributed by atoms with Crippen molar-refractivity contribution < 1.29 is 9.84 Å². The Hall–Kier alpha value is -1.53. The summed E-state index contributed by atoms with van der Waals surface area (Å²) in [6, 6.07) is 7.66. The van der Waals surface area contributed by atoms with Gasteiger partial charge in [0.1, 0.15) is 12.4 Å². The minimum Gasteiger partial charge on any atom is -0.491 e. The van der Waals surface area contributed by atoms with Crippen LogP contribution in [-0.2, 0) is 0 Å². The third kappa shape index (κ3) is 4.48. The van der Waals surface area contributed by atoms with E-state index in [2.05, 4.69) is 4.85 Å². The topological polar surface area (TPSA) is 33.8 Å². The molecule has 0 radical (unpaired) electrons. The number of nitrogens with zero attached hydrogens (tertiary/aromatic N) is 1. The van der Waals surface area contributed by atoms with Gasteiger partial charge in [-0.25, -0.2) is 6.57 Å². The molecule has 0 fully saturated rings. The Kier molecular flexibility index (Phi) is 4.65. The normalized spacial score (nSPS) is 11.8. The Balaban J connectivity index is 2.31. The second-order valence-corrected chi connectivity index (χ2v) is 3.45. The number of rotatable bonds is 5. The van der Waals surface area contributed by atoms with Gasteiger partial charge in [0.15, 0.2) is 0 Å². The van der Waals surface area contributed by atoms with Gasteiger partial charge in [-0.3, -0.25) is 0 Å². The van der Waals surface area contributed by atoms with Gasteiger partial charge in [-0.05, 0) is 19.1 Å². The van der Waals surface area contributed by atoms with Crippen LogP contribution < -0.4 is 4.74 Å². The summed E-state index contributed by atoms with van der Waals surface area (Å²) in [6.07, 6.45) is -0.0876. The van der Waals surface area contributed by atoms with E-state index < -0.39 is 6.10 Å². The number of aliphatic hydroxyl groups excluding tert-OH is 1. The Morgan fingerprint density at radius 3 is 2.67 bits per heavy atom. The van der Waals surface area contributed by atoms with Gasteiger partial charge in [-0.2, -0.15) is 0 Å². The number of aliphatic hydroxyl groups is 1. The maximum atomic E-state index is 9.43. The van der Waals surface area contributed by atoms with Crippen molar-refractivity contribution in [2.24, 2.45) is 0 Å². The second kappa shape index (κ2) is 6.05. The van der Waals surface area contributed by atoms with Crippen LogP contribution in [0.3, 0.4) is 0 Å². The summed E-state index contributed by atoms with van der Waals surface area (Å²) in [5.41, 5.74) is 1.18. The maximum absolute atomic E-state index is 9.43. The Morgan fingerprint density at radius 2 is 2.07 bits per heavy atom. The zero-order valence-electron chi connectivity index (χ0n) is 8.81. The highest BCUT2D eigenvalue weighted by Crippen LogP contribution is 2.11. The summed E-state index contributed by atoms with van der Waals surface area (Å²) >= 11 is 0. The van der Waals surface area contributed by atoms with Gasteiger partial charge < -0.3 is 14.7 Å². The van der Waals surface area contributed by atoms with Crippen LogP contribution in [-0.4, -0.2) is 24.4 Å². The van der Waals surface area contributed by atoms with Crippen molar-refractivity contribution >= 4 is 0 Å². The minimum atomic E-state index is -0.555. The molecule has 0 aliphatic carbocycles. The van der Waals surface area contributed by atoms with Gasteiger partial charge in [0.05, 0.1) is 6.10 Å². The highest BCUT2D eigenvalue weighted by Gasteiger charge is 2.06. The van der Waals surface area contributed by atoms with E-state index in [9.17, 15) is 5.11 Å². The fourth-order valence-corrected chi connectivity index (χ4v) is 1.12. The lowest BCUT2D eigenvalue weighted by molar-refractivity contribution is 0.104. The molecule has 1 N–H and O–H groups in total. The lowest BCUT2D eigenvalue weighted by Crippen LogP contribution is -2.18. The quantitative estimate of drug-likeness (QED) is 0.746. The summed E-state index contributed by atoms with van der Waals surface area (Å²) < 4.78 is 5.37. The third-order valence-electron chi connectivity index (χ3n) is 2.04. The summed E-state index contributed by atoms with van der Waals surface area (Å²) in [7, 11) is 0. The molecule has 1 atom stereocenters. The van der Waals surface area contributed by atoms with Gasteiger partial charge in [-0.15, -0.1) is 0 Å². The molecule has 0 saturated carbocycles. The van der Waals surface area contributed by atoms with Crippen molar-refractivity contribution in [2.45, 2.75) is 19.4 Å². The first-order valence-corrected chi connectivity index (χ1v) is 4.93. The molecule has 0 amide bonds. The average molecular weight is 205 g/mol. The Bertz CT molecular complexity index is 326. The molecular formula is C12H15NO2. The van der Waals surface area contributed by atoms with Crippen LogP contribution in [0.15, 0.2) is 24.3 Å². The standard InChI is InChI=1S/C12H15NO2/c1-10-3-5-12(6-4-10)15-9-11(14)7-8-13-2/h3-6,11,14H,7-9H2,1H3. The second-order valence-electron chi connectivity index (χ2n) is 3.45. The minimum absolute atomic E-state index is 0.249. The van der Waals surface area contributed by atoms with E-state index in [-0.39, 0.29) is 6.61 Å². The van der Waals surface area contributed by atoms with E-state index in [1.54, 1.807) is 0 Å². The molecule has 0 aromatic heterocycles. The third-order valence-corrected chi connectivity index (χ3v) is 2.04. The molecule has 1 aromatic rings. The number of hydrogen-bond acceptors (Lipinski definition) is 2. The molecular weight excluding hydrogens is 190 g/mol. The number of hydrogen-bond donors (Lipinski definition) is 1. The zero-order valence-corrected chi connectivity index (χ0v) is 8.81. The molecule has 0 aliphatic heterocycles. The lowest BCUT2D eigenvalue weighted by atomic mass is 10.2. The van der Waals surface area contributed by atoms with Crippen LogP contribution in [0.25, 0.3) is 4.85 Å². The van der Waals surface area contributed by atoms with Crippen molar-refractivity contribution in [3.63, 3.8) is 0 Å². The lowest BCUT2D eigenvalue weighted by Gasteiger charge is -2.09. The fourth-order valence-electron chi connectivity index (χ4n) is 1.12. The van der Waals surface area contributed by atoms with Gasteiger partial charge in [-0.1, -0.05) is 17.7 Å². The molecule has 0 saturated heterocycles. The van der Waals surface area contributed by atoms with E-state index in [4.69, 9.17) is 11.3 Å². The van der Waals surface area contributed by atoms with Gasteiger partial charge >= 0.3 is 0 Å². The molecule has 0 heterocycles. The van der Waals surface area contributed by atoms with Crippen LogP contribution in [0, 0.1) is 13.5 Å². The first-order chi connectivity index (χ1) is 7.22. The van der Waals surface area contributed by atoms with Crippen molar-refractivity contribution in [1.29, 1.82) is 0 Å². The molecule has 0 bridgehead atoms. The predicted octanol–water partition coefficient (Wildman–Crippen LogP) is 2.04. The van der Waals surface area contributed by atoms with Crippen molar-refractivity contribution in [2.75, 3.05) is 13.2 Å². The first-order valence-electron chi connectivity index (χ1n) is 4.93. The number of aryl methyl sites for hydroxylation is 1. The Morgan fingerprint density at radius 1 is 1.40 bits per heavy atom. The van der Waals surface area contributed by atoms with E-state index in [0.29, 0.717) is 13.0 Å². The summed E-state index contributed by atoms with van der Waals surface area (Å²) in [5.74, 6) is 0.752. The molecule has 0 spiro atoms. The van der Waals surface area contributed by atoms with Crippen LogP contribution in [0.1, 0.15) is 12.0 Å². The molecule has 0 aliphatic rings. The largest absolute Gasteiger partial charge is 0.491 e. The van der Waals surface area contributed by atoms with E-state index >= 15 is 0 Å². The Labute approximate surface area is 90.1 Å². The van der Waals surface area contributed by atoms with Crippen molar-refractivity contribution in [1.82, 2.24) is 0 Å². The first kappa shape index (κ1) is 11.5. The number of ether oxygens (including phenoxy) is 1. The highest BCUT2D eigenvalue weighted by molar-refractivity contribution is 5.26. The van der Waals surface area contributed by atoms with Crippen LogP contribution in [0.5, 0.6) is 5.75 Å². The summed E-state index contributed by atoms with van der Waals surface area (Å²) in [5, 5.41) is 9.43. The molecule has 3 heteroatoms. The van der Waals surface area contributed by atoms with E-state index in [1.807, 2.05) is 31.2 Å². The highest BCUT2D eigenvalue weighted by atomic mass is 16.5.